The van der Waals surface area contributed by atoms with E-state index in [1.54, 1.807) is 50.6 Å². The highest BCUT2D eigenvalue weighted by Gasteiger charge is 2.27. The Bertz CT molecular complexity index is 1260. The van der Waals surface area contributed by atoms with Crippen molar-refractivity contribution < 1.29 is 22.7 Å². The molecule has 0 aliphatic carbocycles. The average Bonchev–Trinajstić information content (AvgIpc) is 2.84. The van der Waals surface area contributed by atoms with Gasteiger partial charge in [-0.2, -0.15) is 4.31 Å². The lowest BCUT2D eigenvalue weighted by molar-refractivity contribution is -0.122. The Morgan fingerprint density at radius 1 is 0.886 bits per heavy atom. The van der Waals surface area contributed by atoms with Crippen LogP contribution in [0.2, 0.25) is 0 Å². The Morgan fingerprint density at radius 3 is 2.03 bits per heavy atom. The number of aryl methyl sites for hydroxylation is 2. The molecule has 35 heavy (non-hydrogen) atoms. The summed E-state index contributed by atoms with van der Waals surface area (Å²) >= 11 is 0. The van der Waals surface area contributed by atoms with Crippen LogP contribution < -0.4 is 14.8 Å². The lowest BCUT2D eigenvalue weighted by Gasteiger charge is -2.23. The summed E-state index contributed by atoms with van der Waals surface area (Å²) in [6.07, 6.45) is 0. The summed E-state index contributed by atoms with van der Waals surface area (Å²) in [4.78, 5) is 13.2. The molecule has 0 aromatic heterocycles. The van der Waals surface area contributed by atoms with Crippen molar-refractivity contribution in [2.24, 2.45) is 0 Å². The van der Waals surface area contributed by atoms with Gasteiger partial charge in [-0.3, -0.25) is 4.79 Å². The van der Waals surface area contributed by atoms with E-state index in [9.17, 15) is 13.2 Å². The van der Waals surface area contributed by atoms with Crippen LogP contribution in [0.3, 0.4) is 0 Å². The molecule has 0 spiro atoms. The van der Waals surface area contributed by atoms with Gasteiger partial charge in [0.15, 0.2) is 11.5 Å². The van der Waals surface area contributed by atoms with E-state index in [2.05, 4.69) is 5.32 Å². The molecule has 1 amide bonds. The Labute approximate surface area is 207 Å². The molecule has 0 aliphatic heterocycles. The van der Waals surface area contributed by atoms with Gasteiger partial charge in [-0.25, -0.2) is 8.42 Å². The number of nitrogens with one attached hydrogen (secondary N) is 1. The van der Waals surface area contributed by atoms with Crippen LogP contribution in [0.1, 0.15) is 35.2 Å². The topological polar surface area (TPSA) is 84.9 Å². The third-order valence-electron chi connectivity index (χ3n) is 5.74. The molecule has 0 aliphatic rings. The first-order chi connectivity index (χ1) is 16.6. The fourth-order valence-corrected chi connectivity index (χ4v) is 5.02. The zero-order valence-corrected chi connectivity index (χ0v) is 21.6. The Balaban J connectivity index is 1.83. The van der Waals surface area contributed by atoms with Crippen molar-refractivity contribution in [3.8, 4) is 11.5 Å². The standard InChI is InChI=1S/C27H32N2O5S/c1-19-6-10-22(11-7-19)17-29(35(31,32)24-13-8-20(2)9-14-24)18-27(30)28-21(3)23-12-15-25(33-4)26(16-23)34-5/h6-16,21H,17-18H2,1-5H3,(H,28,30). The minimum atomic E-state index is -3.91. The molecule has 7 nitrogen and oxygen atoms in total. The van der Waals surface area contributed by atoms with Gasteiger partial charge in [-0.15, -0.1) is 0 Å². The summed E-state index contributed by atoms with van der Waals surface area (Å²) in [5.41, 5.74) is 3.63. The van der Waals surface area contributed by atoms with Gasteiger partial charge >= 0.3 is 0 Å². The van der Waals surface area contributed by atoms with E-state index in [0.29, 0.717) is 11.5 Å². The minimum absolute atomic E-state index is 0.0780. The van der Waals surface area contributed by atoms with E-state index < -0.39 is 15.9 Å². The molecule has 186 valence electrons. The minimum Gasteiger partial charge on any atom is -0.493 e. The van der Waals surface area contributed by atoms with Crippen molar-refractivity contribution in [1.29, 1.82) is 0 Å². The maximum Gasteiger partial charge on any atom is 0.243 e. The van der Waals surface area contributed by atoms with Gasteiger partial charge in [-0.05, 0) is 56.2 Å². The summed E-state index contributed by atoms with van der Waals surface area (Å²) in [6.45, 7) is 5.45. The van der Waals surface area contributed by atoms with Crippen LogP contribution in [-0.2, 0) is 21.4 Å². The van der Waals surface area contributed by atoms with E-state index >= 15 is 0 Å². The Morgan fingerprint density at radius 2 is 1.46 bits per heavy atom. The fraction of sp³-hybridized carbons (Fsp3) is 0.296. The summed E-state index contributed by atoms with van der Waals surface area (Å²) in [5, 5.41) is 2.90. The van der Waals surface area contributed by atoms with Crippen LogP contribution >= 0.6 is 0 Å². The van der Waals surface area contributed by atoms with Gasteiger partial charge in [0.05, 0.1) is 31.7 Å². The smallest absolute Gasteiger partial charge is 0.243 e. The first kappa shape index (κ1) is 26.2. The second-order valence-corrected chi connectivity index (χ2v) is 10.4. The highest BCUT2D eigenvalue weighted by atomic mass is 32.2. The molecule has 0 heterocycles. The van der Waals surface area contributed by atoms with E-state index in [0.717, 1.165) is 22.3 Å². The normalized spacial score (nSPS) is 12.3. The van der Waals surface area contributed by atoms with Gasteiger partial charge in [0.1, 0.15) is 0 Å². The van der Waals surface area contributed by atoms with E-state index in [1.807, 2.05) is 51.1 Å². The highest BCUT2D eigenvalue weighted by molar-refractivity contribution is 7.89. The maximum atomic E-state index is 13.5. The summed E-state index contributed by atoms with van der Waals surface area (Å²) in [7, 11) is -0.805. The van der Waals surface area contributed by atoms with Crippen LogP contribution in [-0.4, -0.2) is 39.4 Å². The SMILES string of the molecule is COc1ccc(C(C)NC(=O)CN(Cc2ccc(C)cc2)S(=O)(=O)c2ccc(C)cc2)cc1OC. The summed E-state index contributed by atoms with van der Waals surface area (Å²) in [6, 6.07) is 19.2. The number of carbonyl (C=O) groups excluding carboxylic acids is 1. The molecule has 0 bridgehead atoms. The van der Waals surface area contributed by atoms with E-state index in [-0.39, 0.29) is 24.0 Å². The number of rotatable bonds is 10. The molecule has 3 aromatic rings. The van der Waals surface area contributed by atoms with Crippen molar-refractivity contribution in [2.45, 2.75) is 38.3 Å². The number of sulfonamides is 1. The maximum absolute atomic E-state index is 13.5. The van der Waals surface area contributed by atoms with Gasteiger partial charge in [-0.1, -0.05) is 53.6 Å². The number of benzene rings is 3. The van der Waals surface area contributed by atoms with Gasteiger partial charge in [0, 0.05) is 6.54 Å². The van der Waals surface area contributed by atoms with Crippen LogP contribution in [0.25, 0.3) is 0 Å². The molecule has 3 rings (SSSR count). The molecule has 0 saturated carbocycles. The second kappa shape index (κ2) is 11.4. The van der Waals surface area contributed by atoms with Crippen LogP contribution in [0.15, 0.2) is 71.6 Å². The van der Waals surface area contributed by atoms with Crippen LogP contribution in [0, 0.1) is 13.8 Å². The number of amides is 1. The van der Waals surface area contributed by atoms with Crippen molar-refractivity contribution in [2.75, 3.05) is 20.8 Å². The Kier molecular flexibility index (Phi) is 8.53. The number of nitrogens with zero attached hydrogens (tertiary/aromatic N) is 1. The first-order valence-corrected chi connectivity index (χ1v) is 12.7. The van der Waals surface area contributed by atoms with Crippen molar-refractivity contribution in [3.63, 3.8) is 0 Å². The third kappa shape index (κ3) is 6.61. The zero-order valence-electron chi connectivity index (χ0n) is 20.7. The first-order valence-electron chi connectivity index (χ1n) is 11.3. The Hall–Kier alpha value is -3.36. The molecule has 1 atom stereocenters. The van der Waals surface area contributed by atoms with Crippen molar-refractivity contribution in [3.05, 3.63) is 89.0 Å². The molecule has 1 unspecified atom stereocenters. The molecule has 1 N–H and O–H groups in total. The number of methoxy groups -OCH3 is 2. The van der Waals surface area contributed by atoms with Gasteiger partial charge in [0.2, 0.25) is 15.9 Å². The molecule has 0 radical (unpaired) electrons. The lowest BCUT2D eigenvalue weighted by Crippen LogP contribution is -2.41. The van der Waals surface area contributed by atoms with Gasteiger partial charge < -0.3 is 14.8 Å². The predicted octanol–water partition coefficient (Wildman–Crippen LogP) is 4.39. The number of hydrogen-bond donors (Lipinski definition) is 1. The number of carbonyl (C=O) groups is 1. The van der Waals surface area contributed by atoms with E-state index in [4.69, 9.17) is 9.47 Å². The molecule has 3 aromatic carbocycles. The zero-order chi connectivity index (χ0) is 25.6. The van der Waals surface area contributed by atoms with Crippen LogP contribution in [0.5, 0.6) is 11.5 Å². The molecular weight excluding hydrogens is 464 g/mol. The molecular formula is C27H32N2O5S. The van der Waals surface area contributed by atoms with E-state index in [1.165, 1.54) is 4.31 Å². The van der Waals surface area contributed by atoms with Crippen molar-refractivity contribution >= 4 is 15.9 Å². The average molecular weight is 497 g/mol. The largest absolute Gasteiger partial charge is 0.493 e. The summed E-state index contributed by atoms with van der Waals surface area (Å²) in [5.74, 6) is 0.729. The molecule has 0 fully saturated rings. The number of hydrogen-bond acceptors (Lipinski definition) is 5. The molecule has 0 saturated heterocycles. The second-order valence-electron chi connectivity index (χ2n) is 8.48. The van der Waals surface area contributed by atoms with Crippen LogP contribution in [0.4, 0.5) is 0 Å². The lowest BCUT2D eigenvalue weighted by atomic mass is 10.1. The fourth-order valence-electron chi connectivity index (χ4n) is 3.64. The highest BCUT2D eigenvalue weighted by Crippen LogP contribution is 2.30. The third-order valence-corrected chi connectivity index (χ3v) is 7.55. The van der Waals surface area contributed by atoms with Gasteiger partial charge in [0.25, 0.3) is 0 Å². The molecule has 8 heteroatoms. The quantitative estimate of drug-likeness (QED) is 0.450. The number of ether oxygens (including phenoxy) is 2. The summed E-state index contributed by atoms with van der Waals surface area (Å²) < 4.78 is 38.8. The predicted molar refractivity (Wildman–Crippen MR) is 136 cm³/mol. The monoisotopic (exact) mass is 496 g/mol. The van der Waals surface area contributed by atoms with Crippen molar-refractivity contribution in [1.82, 2.24) is 9.62 Å².